The molecule has 3 heteroatoms. The van der Waals surface area contributed by atoms with Gasteiger partial charge in [-0.15, -0.1) is 0 Å². The number of unbranched alkanes of at least 4 members (excludes halogenated alkanes) is 5. The number of carboxylic acid groups (broad SMARTS) is 1. The molecule has 3 nitrogen and oxygen atoms in total. The van der Waals surface area contributed by atoms with Gasteiger partial charge in [0.05, 0.1) is 0 Å². The molecule has 0 aliphatic carbocycles. The van der Waals surface area contributed by atoms with Crippen molar-refractivity contribution in [2.75, 3.05) is 0 Å². The first kappa shape index (κ1) is 12.4. The fraction of sp³-hybridized carbons (Fsp3) is 0.800. The third-order valence-corrected chi connectivity index (χ3v) is 2.01. The van der Waals surface area contributed by atoms with Crippen molar-refractivity contribution in [1.29, 1.82) is 0 Å². The van der Waals surface area contributed by atoms with Crippen LogP contribution in [0.5, 0.6) is 0 Å². The third kappa shape index (κ3) is 7.78. The molecule has 0 fully saturated rings. The number of aliphatic hydroxyl groups excluding tert-OH is 1. The molecule has 0 bridgehead atoms. The summed E-state index contributed by atoms with van der Waals surface area (Å²) in [4.78, 5) is 10.2. The number of aliphatic hydroxyl groups is 1. The van der Waals surface area contributed by atoms with Gasteiger partial charge in [0.25, 0.3) is 0 Å². The molecule has 13 heavy (non-hydrogen) atoms. The maximum Gasteiger partial charge on any atom is 0.339 e. The normalized spacial score (nSPS) is 10.7. The highest BCUT2D eigenvalue weighted by molar-refractivity contribution is 5.79. The second kappa shape index (κ2) is 8.05. The van der Waals surface area contributed by atoms with E-state index in [0.29, 0.717) is 6.42 Å². The van der Waals surface area contributed by atoms with E-state index in [0.717, 1.165) is 19.3 Å². The lowest BCUT2D eigenvalue weighted by Crippen LogP contribution is -2.09. The van der Waals surface area contributed by atoms with E-state index in [1.807, 2.05) is 0 Å². The van der Waals surface area contributed by atoms with Crippen LogP contribution in [0.3, 0.4) is 0 Å². The summed E-state index contributed by atoms with van der Waals surface area (Å²) in [5.41, 5.74) is 0. The average molecular weight is 187 g/mol. The van der Waals surface area contributed by atoms with E-state index in [2.05, 4.69) is 6.92 Å². The van der Waals surface area contributed by atoms with Crippen molar-refractivity contribution in [3.05, 3.63) is 6.10 Å². The minimum Gasteiger partial charge on any atom is -0.479 e. The van der Waals surface area contributed by atoms with Gasteiger partial charge in [-0.25, -0.2) is 4.79 Å². The van der Waals surface area contributed by atoms with Gasteiger partial charge in [-0.3, -0.25) is 0 Å². The first-order valence-electron chi connectivity index (χ1n) is 4.96. The molecular formula is C10H19O3. The van der Waals surface area contributed by atoms with Gasteiger partial charge in [0, 0.05) is 0 Å². The number of rotatable bonds is 8. The van der Waals surface area contributed by atoms with Crippen molar-refractivity contribution in [3.8, 4) is 0 Å². The van der Waals surface area contributed by atoms with E-state index in [-0.39, 0.29) is 0 Å². The first-order chi connectivity index (χ1) is 6.18. The van der Waals surface area contributed by atoms with Crippen LogP contribution >= 0.6 is 0 Å². The summed E-state index contributed by atoms with van der Waals surface area (Å²) in [6, 6.07) is 0. The summed E-state index contributed by atoms with van der Waals surface area (Å²) in [5, 5.41) is 17.2. The Bertz CT molecular complexity index is 134. The topological polar surface area (TPSA) is 57.5 Å². The van der Waals surface area contributed by atoms with Crippen molar-refractivity contribution >= 4 is 5.97 Å². The highest BCUT2D eigenvalue weighted by Crippen LogP contribution is 2.11. The van der Waals surface area contributed by atoms with Gasteiger partial charge in [-0.1, -0.05) is 39.0 Å². The molecule has 0 aliphatic heterocycles. The molecular weight excluding hydrogens is 168 g/mol. The van der Waals surface area contributed by atoms with E-state index in [1.54, 1.807) is 0 Å². The van der Waals surface area contributed by atoms with E-state index >= 15 is 0 Å². The second-order valence-corrected chi connectivity index (χ2v) is 3.27. The Hall–Kier alpha value is -0.570. The number of hydrogen-bond acceptors (Lipinski definition) is 2. The van der Waals surface area contributed by atoms with E-state index in [9.17, 15) is 4.79 Å². The molecule has 1 radical (unpaired) electrons. The van der Waals surface area contributed by atoms with Gasteiger partial charge in [-0.2, -0.15) is 0 Å². The van der Waals surface area contributed by atoms with Gasteiger partial charge in [0.1, 0.15) is 0 Å². The fourth-order valence-corrected chi connectivity index (χ4v) is 1.18. The van der Waals surface area contributed by atoms with Crippen LogP contribution in [0, 0.1) is 6.10 Å². The Morgan fingerprint density at radius 1 is 1.00 bits per heavy atom. The van der Waals surface area contributed by atoms with E-state index in [1.165, 1.54) is 19.3 Å². The molecule has 2 N–H and O–H groups in total. The Kier molecular flexibility index (Phi) is 7.69. The molecule has 0 unspecified atom stereocenters. The van der Waals surface area contributed by atoms with Gasteiger partial charge < -0.3 is 10.2 Å². The molecule has 0 saturated heterocycles. The molecule has 0 aromatic rings. The summed E-state index contributed by atoms with van der Waals surface area (Å²) in [5.74, 6) is -1.19. The van der Waals surface area contributed by atoms with Crippen LogP contribution in [0.25, 0.3) is 0 Å². The quantitative estimate of drug-likeness (QED) is 0.574. The SMILES string of the molecule is CCCCCCCC[C](O)C(=O)O. The van der Waals surface area contributed by atoms with Crippen LogP contribution in [0.1, 0.15) is 51.9 Å². The Labute approximate surface area is 79.8 Å². The van der Waals surface area contributed by atoms with Crippen molar-refractivity contribution in [3.63, 3.8) is 0 Å². The average Bonchev–Trinajstić information content (AvgIpc) is 2.10. The molecule has 0 heterocycles. The molecule has 0 amide bonds. The smallest absolute Gasteiger partial charge is 0.339 e. The number of carbonyl (C=O) groups is 1. The second-order valence-electron chi connectivity index (χ2n) is 3.27. The summed E-state index contributed by atoms with van der Waals surface area (Å²) >= 11 is 0. The molecule has 0 saturated carbocycles. The minimum absolute atomic E-state index is 0.307. The number of hydrogen-bond donors (Lipinski definition) is 2. The number of carboxylic acids is 1. The highest BCUT2D eigenvalue weighted by Gasteiger charge is 2.13. The van der Waals surface area contributed by atoms with Gasteiger partial charge in [0.2, 0.25) is 6.10 Å². The maximum absolute atomic E-state index is 10.2. The maximum atomic E-state index is 10.2. The lowest BCUT2D eigenvalue weighted by Gasteiger charge is -2.03. The predicted molar refractivity (Wildman–Crippen MR) is 50.8 cm³/mol. The molecule has 0 aromatic heterocycles. The Balaban J connectivity index is 3.11. The molecule has 0 rings (SSSR count). The lowest BCUT2D eigenvalue weighted by molar-refractivity contribution is -0.139. The summed E-state index contributed by atoms with van der Waals surface area (Å²) < 4.78 is 0. The summed E-state index contributed by atoms with van der Waals surface area (Å²) in [6.45, 7) is 2.16. The van der Waals surface area contributed by atoms with Crippen LogP contribution in [0.4, 0.5) is 0 Å². The number of aliphatic carboxylic acids is 1. The molecule has 77 valence electrons. The van der Waals surface area contributed by atoms with Gasteiger partial charge in [0.15, 0.2) is 0 Å². The van der Waals surface area contributed by atoms with Crippen molar-refractivity contribution in [2.45, 2.75) is 51.9 Å². The van der Waals surface area contributed by atoms with E-state index < -0.39 is 12.1 Å². The first-order valence-corrected chi connectivity index (χ1v) is 4.96. The largest absolute Gasteiger partial charge is 0.479 e. The van der Waals surface area contributed by atoms with Crippen molar-refractivity contribution in [1.82, 2.24) is 0 Å². The van der Waals surface area contributed by atoms with Crippen LogP contribution < -0.4 is 0 Å². The van der Waals surface area contributed by atoms with Crippen LogP contribution in [-0.4, -0.2) is 16.2 Å². The van der Waals surface area contributed by atoms with Crippen LogP contribution in [-0.2, 0) is 4.79 Å². The highest BCUT2D eigenvalue weighted by atomic mass is 16.4. The van der Waals surface area contributed by atoms with Crippen LogP contribution in [0.15, 0.2) is 0 Å². The Morgan fingerprint density at radius 3 is 2.08 bits per heavy atom. The molecule has 0 aromatic carbocycles. The Morgan fingerprint density at radius 2 is 1.54 bits per heavy atom. The van der Waals surface area contributed by atoms with E-state index in [4.69, 9.17) is 10.2 Å². The monoisotopic (exact) mass is 187 g/mol. The van der Waals surface area contributed by atoms with Gasteiger partial charge >= 0.3 is 5.97 Å². The van der Waals surface area contributed by atoms with Crippen molar-refractivity contribution in [2.24, 2.45) is 0 Å². The zero-order chi connectivity index (χ0) is 10.1. The molecule has 0 spiro atoms. The van der Waals surface area contributed by atoms with Crippen molar-refractivity contribution < 1.29 is 15.0 Å². The summed E-state index contributed by atoms with van der Waals surface area (Å²) in [7, 11) is 0. The zero-order valence-corrected chi connectivity index (χ0v) is 8.25. The zero-order valence-electron chi connectivity index (χ0n) is 8.25. The standard InChI is InChI=1S/C10H19O3/c1-2-3-4-5-6-7-8-9(11)10(12)13/h11H,2-8H2,1H3,(H,12,13). The molecule has 0 atom stereocenters. The predicted octanol–water partition coefficient (Wildman–Crippen LogP) is 2.73. The lowest BCUT2D eigenvalue weighted by atomic mass is 10.1. The fourth-order valence-electron chi connectivity index (χ4n) is 1.18. The molecule has 0 aliphatic rings. The van der Waals surface area contributed by atoms with Gasteiger partial charge in [-0.05, 0) is 12.8 Å². The minimum atomic E-state index is -1.19. The summed E-state index contributed by atoms with van der Waals surface area (Å²) in [6.07, 6.45) is 6.50. The van der Waals surface area contributed by atoms with Crippen LogP contribution in [0.2, 0.25) is 0 Å². The third-order valence-electron chi connectivity index (χ3n) is 2.01.